The van der Waals surface area contributed by atoms with Gasteiger partial charge in [0.2, 0.25) is 5.91 Å². The summed E-state index contributed by atoms with van der Waals surface area (Å²) in [6.45, 7) is 4.53. The van der Waals surface area contributed by atoms with Crippen molar-refractivity contribution in [1.29, 1.82) is 0 Å². The third kappa shape index (κ3) is 3.86. The van der Waals surface area contributed by atoms with Crippen LogP contribution >= 0.6 is 23.2 Å². The number of nitrogens with two attached hydrogens (primary N) is 1. The summed E-state index contributed by atoms with van der Waals surface area (Å²) in [6.07, 6.45) is 0.850. The van der Waals surface area contributed by atoms with Crippen molar-refractivity contribution in [1.82, 2.24) is 14.9 Å². The first-order valence-electron chi connectivity index (χ1n) is 10.1. The molecule has 2 N–H and O–H groups in total. The molecular formula is C21H24Cl2FN5O. The molecule has 0 unspecified atom stereocenters. The molecule has 0 radical (unpaired) electrons. The number of anilines is 1. The Kier molecular flexibility index (Phi) is 6.14. The topological polar surface area (TPSA) is 75.4 Å². The van der Waals surface area contributed by atoms with Crippen molar-refractivity contribution in [2.24, 2.45) is 5.73 Å². The standard InChI is InChI=1S/C21H24Cl2FN5O/c1-12-8-17(24)19-18(12)20(27-11-26-19)28-4-6-29(7-5-28)21(30)14(10-25)13-2-3-15(22)16(23)9-13/h2-3,9,11-12,14,17H,4-8,10,25H2,1H3/t12-,14-,17-/m1/s1. The van der Waals surface area contributed by atoms with E-state index in [4.69, 9.17) is 28.9 Å². The first-order chi connectivity index (χ1) is 14.4. The second-order valence-electron chi connectivity index (χ2n) is 7.87. The second kappa shape index (κ2) is 8.65. The lowest BCUT2D eigenvalue weighted by Crippen LogP contribution is -2.51. The van der Waals surface area contributed by atoms with Crippen LogP contribution in [0, 0.1) is 0 Å². The molecule has 1 aromatic heterocycles. The number of fused-ring (bicyclic) bond motifs is 1. The lowest BCUT2D eigenvalue weighted by molar-refractivity contribution is -0.132. The van der Waals surface area contributed by atoms with E-state index < -0.39 is 12.1 Å². The largest absolute Gasteiger partial charge is 0.353 e. The maximum absolute atomic E-state index is 14.2. The molecule has 30 heavy (non-hydrogen) atoms. The van der Waals surface area contributed by atoms with Gasteiger partial charge >= 0.3 is 0 Å². The number of hydrogen-bond acceptors (Lipinski definition) is 5. The highest BCUT2D eigenvalue weighted by atomic mass is 35.5. The van der Waals surface area contributed by atoms with E-state index in [0.717, 1.165) is 16.9 Å². The van der Waals surface area contributed by atoms with Crippen molar-refractivity contribution in [3.8, 4) is 0 Å². The van der Waals surface area contributed by atoms with Crippen molar-refractivity contribution in [3.05, 3.63) is 51.4 Å². The fourth-order valence-electron chi connectivity index (χ4n) is 4.38. The maximum atomic E-state index is 14.2. The summed E-state index contributed by atoms with van der Waals surface area (Å²) < 4.78 is 14.2. The highest BCUT2D eigenvalue weighted by molar-refractivity contribution is 6.42. The van der Waals surface area contributed by atoms with Crippen molar-refractivity contribution in [2.75, 3.05) is 37.6 Å². The second-order valence-corrected chi connectivity index (χ2v) is 8.69. The fourth-order valence-corrected chi connectivity index (χ4v) is 4.69. The molecule has 1 fully saturated rings. The monoisotopic (exact) mass is 451 g/mol. The Bertz CT molecular complexity index is 951. The van der Waals surface area contributed by atoms with Gasteiger partial charge in [-0.2, -0.15) is 0 Å². The van der Waals surface area contributed by atoms with Crippen LogP contribution in [0.2, 0.25) is 10.0 Å². The van der Waals surface area contributed by atoms with Crippen molar-refractivity contribution in [3.63, 3.8) is 0 Å². The van der Waals surface area contributed by atoms with Crippen molar-refractivity contribution < 1.29 is 9.18 Å². The summed E-state index contributed by atoms with van der Waals surface area (Å²) in [6, 6.07) is 5.18. The average molecular weight is 452 g/mol. The Labute approximate surface area is 185 Å². The molecule has 6 nitrogen and oxygen atoms in total. The highest BCUT2D eigenvalue weighted by Gasteiger charge is 2.35. The van der Waals surface area contributed by atoms with Crippen LogP contribution in [0.25, 0.3) is 0 Å². The molecule has 9 heteroatoms. The third-order valence-corrected chi connectivity index (χ3v) is 6.75. The van der Waals surface area contributed by atoms with Crippen LogP contribution in [-0.2, 0) is 4.79 Å². The van der Waals surface area contributed by atoms with E-state index in [-0.39, 0.29) is 18.4 Å². The molecule has 3 atom stereocenters. The minimum absolute atomic E-state index is 0.0272. The Morgan fingerprint density at radius 3 is 2.63 bits per heavy atom. The van der Waals surface area contributed by atoms with E-state index in [1.165, 1.54) is 6.33 Å². The van der Waals surface area contributed by atoms with Gasteiger partial charge in [-0.3, -0.25) is 4.79 Å². The van der Waals surface area contributed by atoms with Gasteiger partial charge in [0, 0.05) is 38.3 Å². The summed E-state index contributed by atoms with van der Waals surface area (Å²) in [5.74, 6) is 0.379. The van der Waals surface area contributed by atoms with Gasteiger partial charge in [-0.05, 0) is 30.0 Å². The molecule has 1 aliphatic heterocycles. The van der Waals surface area contributed by atoms with Crippen LogP contribution in [-0.4, -0.2) is 53.5 Å². The van der Waals surface area contributed by atoms with Crippen LogP contribution in [0.15, 0.2) is 24.5 Å². The number of halogens is 3. The lowest BCUT2D eigenvalue weighted by atomic mass is 9.97. The summed E-state index contributed by atoms with van der Waals surface area (Å²) in [7, 11) is 0. The molecule has 0 saturated carbocycles. The molecular weight excluding hydrogens is 428 g/mol. The quantitative estimate of drug-likeness (QED) is 0.766. The summed E-state index contributed by atoms with van der Waals surface area (Å²) in [5.41, 5.74) is 8.09. The molecule has 1 saturated heterocycles. The van der Waals surface area contributed by atoms with Gasteiger partial charge in [0.05, 0.1) is 21.7 Å². The Hall–Kier alpha value is -1.96. The summed E-state index contributed by atoms with van der Waals surface area (Å²) in [4.78, 5) is 25.7. The van der Waals surface area contributed by atoms with Gasteiger partial charge in [0.1, 0.15) is 18.3 Å². The molecule has 2 aliphatic rings. The number of nitrogens with zero attached hydrogens (tertiary/aromatic N) is 4. The van der Waals surface area contributed by atoms with Crippen LogP contribution in [0.1, 0.15) is 48.2 Å². The Morgan fingerprint density at radius 2 is 1.97 bits per heavy atom. The first-order valence-corrected chi connectivity index (χ1v) is 10.8. The average Bonchev–Trinajstić information content (AvgIpc) is 3.05. The summed E-state index contributed by atoms with van der Waals surface area (Å²) >= 11 is 12.1. The molecule has 1 aromatic carbocycles. The number of benzene rings is 1. The number of carbonyl (C=O) groups is 1. The molecule has 2 heterocycles. The molecule has 0 spiro atoms. The van der Waals surface area contributed by atoms with Crippen LogP contribution in [0.5, 0.6) is 0 Å². The number of rotatable bonds is 4. The minimum Gasteiger partial charge on any atom is -0.353 e. The Balaban J connectivity index is 1.47. The van der Waals surface area contributed by atoms with Gasteiger partial charge < -0.3 is 15.5 Å². The van der Waals surface area contributed by atoms with Gasteiger partial charge in [-0.1, -0.05) is 36.2 Å². The normalized spacial score (nSPS) is 22.2. The van der Waals surface area contributed by atoms with Crippen molar-refractivity contribution in [2.45, 2.75) is 31.4 Å². The van der Waals surface area contributed by atoms with Gasteiger partial charge in [-0.15, -0.1) is 0 Å². The van der Waals surface area contributed by atoms with Gasteiger partial charge in [0.25, 0.3) is 0 Å². The zero-order valence-electron chi connectivity index (χ0n) is 16.7. The molecule has 4 rings (SSSR count). The predicted octanol–water partition coefficient (Wildman–Crippen LogP) is 3.69. The van der Waals surface area contributed by atoms with Gasteiger partial charge in [0.15, 0.2) is 0 Å². The van der Waals surface area contributed by atoms with E-state index in [1.807, 2.05) is 11.8 Å². The van der Waals surface area contributed by atoms with Crippen LogP contribution in [0.4, 0.5) is 10.2 Å². The summed E-state index contributed by atoms with van der Waals surface area (Å²) in [5, 5.41) is 0.850. The molecule has 2 aromatic rings. The van der Waals surface area contributed by atoms with E-state index in [0.29, 0.717) is 48.3 Å². The predicted molar refractivity (Wildman–Crippen MR) is 116 cm³/mol. The number of piperazine rings is 1. The SMILES string of the molecule is C[C@@H]1C[C@@H](F)c2ncnc(N3CCN(C(=O)[C@H](CN)c4ccc(Cl)c(Cl)c4)CC3)c21. The third-order valence-electron chi connectivity index (χ3n) is 6.01. The number of alkyl halides is 1. The number of amides is 1. The van der Waals surface area contributed by atoms with Crippen LogP contribution in [0.3, 0.4) is 0 Å². The van der Waals surface area contributed by atoms with E-state index in [1.54, 1.807) is 18.2 Å². The van der Waals surface area contributed by atoms with Crippen molar-refractivity contribution >= 4 is 34.9 Å². The van der Waals surface area contributed by atoms with Crippen LogP contribution < -0.4 is 10.6 Å². The molecule has 160 valence electrons. The first kappa shape index (κ1) is 21.3. The smallest absolute Gasteiger partial charge is 0.231 e. The zero-order valence-corrected chi connectivity index (χ0v) is 18.2. The highest BCUT2D eigenvalue weighted by Crippen LogP contribution is 2.44. The maximum Gasteiger partial charge on any atom is 0.231 e. The van der Waals surface area contributed by atoms with E-state index >= 15 is 0 Å². The molecule has 1 amide bonds. The zero-order chi connectivity index (χ0) is 21.4. The molecule has 0 bridgehead atoms. The molecule has 1 aliphatic carbocycles. The van der Waals surface area contributed by atoms with E-state index in [9.17, 15) is 9.18 Å². The number of aromatic nitrogens is 2. The van der Waals surface area contributed by atoms with E-state index in [2.05, 4.69) is 14.9 Å². The lowest BCUT2D eigenvalue weighted by Gasteiger charge is -2.37. The number of carbonyl (C=O) groups excluding carboxylic acids is 1. The van der Waals surface area contributed by atoms with Gasteiger partial charge in [-0.25, -0.2) is 14.4 Å². The Morgan fingerprint density at radius 1 is 1.23 bits per heavy atom. The fraction of sp³-hybridized carbons (Fsp3) is 0.476. The number of hydrogen-bond donors (Lipinski definition) is 1. The minimum atomic E-state index is -1.03.